The molecule has 0 saturated carbocycles. The van der Waals surface area contributed by atoms with Gasteiger partial charge in [-0.05, 0) is 38.0 Å². The lowest BCUT2D eigenvalue weighted by atomic mass is 9.99. The summed E-state index contributed by atoms with van der Waals surface area (Å²) in [5, 5.41) is 0. The van der Waals surface area contributed by atoms with Gasteiger partial charge in [-0.3, -0.25) is 4.79 Å². The lowest BCUT2D eigenvalue weighted by Crippen LogP contribution is -2.19. The van der Waals surface area contributed by atoms with Crippen LogP contribution in [0.1, 0.15) is 28.4 Å². The van der Waals surface area contributed by atoms with Gasteiger partial charge in [0.1, 0.15) is 0 Å². The van der Waals surface area contributed by atoms with Crippen molar-refractivity contribution in [1.82, 2.24) is 0 Å². The van der Waals surface area contributed by atoms with Crippen LogP contribution in [0.15, 0.2) is 16.6 Å². The van der Waals surface area contributed by atoms with Crippen molar-refractivity contribution in [2.75, 3.05) is 6.61 Å². The molecule has 16 heavy (non-hydrogen) atoms. The fourth-order valence-electron chi connectivity index (χ4n) is 1.47. The summed E-state index contributed by atoms with van der Waals surface area (Å²) in [4.78, 5) is 23.2. The Morgan fingerprint density at radius 3 is 2.50 bits per heavy atom. The van der Waals surface area contributed by atoms with Gasteiger partial charge in [-0.2, -0.15) is 0 Å². The Labute approximate surface area is 103 Å². The Morgan fingerprint density at radius 1 is 1.31 bits per heavy atom. The number of Topliss-reactive ketones (excluding diaryl/α,β-unsaturated/α-hetero) is 1. The molecule has 0 N–H and O–H groups in total. The second-order valence-electron chi connectivity index (χ2n) is 3.41. The molecule has 0 aliphatic heterocycles. The fraction of sp³-hybridized carbons (Fsp3) is 0.333. The summed E-state index contributed by atoms with van der Waals surface area (Å²) in [6.45, 7) is 5.47. The van der Waals surface area contributed by atoms with Crippen LogP contribution in [-0.4, -0.2) is 18.4 Å². The van der Waals surface area contributed by atoms with Crippen LogP contribution in [0, 0.1) is 13.8 Å². The number of ketones is 1. The Kier molecular flexibility index (Phi) is 4.24. The molecule has 0 atom stereocenters. The van der Waals surface area contributed by atoms with Gasteiger partial charge >= 0.3 is 5.97 Å². The molecule has 0 amide bonds. The van der Waals surface area contributed by atoms with Crippen LogP contribution in [0.25, 0.3) is 0 Å². The quantitative estimate of drug-likeness (QED) is 0.487. The molecular formula is C12H13BrO3. The maximum Gasteiger partial charge on any atom is 0.379 e. The highest BCUT2D eigenvalue weighted by molar-refractivity contribution is 9.10. The predicted octanol–water partition coefficient (Wildman–Crippen LogP) is 2.81. The zero-order chi connectivity index (χ0) is 12.3. The monoisotopic (exact) mass is 284 g/mol. The highest BCUT2D eigenvalue weighted by Gasteiger charge is 2.22. The average Bonchev–Trinajstić information content (AvgIpc) is 2.24. The molecular weight excluding hydrogens is 272 g/mol. The molecule has 1 aromatic carbocycles. The first-order chi connectivity index (χ1) is 7.49. The number of hydrogen-bond acceptors (Lipinski definition) is 3. The van der Waals surface area contributed by atoms with Crippen molar-refractivity contribution in [2.45, 2.75) is 20.8 Å². The average molecular weight is 285 g/mol. The minimum absolute atomic E-state index is 0.205. The van der Waals surface area contributed by atoms with Gasteiger partial charge in [-0.1, -0.05) is 22.0 Å². The van der Waals surface area contributed by atoms with Gasteiger partial charge in [0.2, 0.25) is 0 Å². The van der Waals surface area contributed by atoms with E-state index in [1.165, 1.54) is 0 Å². The van der Waals surface area contributed by atoms with Gasteiger partial charge in [0.25, 0.3) is 5.78 Å². The summed E-state index contributed by atoms with van der Waals surface area (Å²) in [7, 11) is 0. The molecule has 0 aliphatic carbocycles. The van der Waals surface area contributed by atoms with E-state index in [0.717, 1.165) is 15.6 Å². The van der Waals surface area contributed by atoms with E-state index < -0.39 is 11.8 Å². The van der Waals surface area contributed by atoms with E-state index in [9.17, 15) is 9.59 Å². The van der Waals surface area contributed by atoms with Crippen molar-refractivity contribution < 1.29 is 14.3 Å². The number of carbonyl (C=O) groups excluding carboxylic acids is 2. The Balaban J connectivity index is 3.18. The first-order valence-electron chi connectivity index (χ1n) is 4.96. The molecule has 0 aromatic heterocycles. The van der Waals surface area contributed by atoms with Gasteiger partial charge in [0, 0.05) is 10.0 Å². The second kappa shape index (κ2) is 5.25. The third-order valence-electron chi connectivity index (χ3n) is 2.30. The number of benzene rings is 1. The molecule has 1 aromatic rings. The molecule has 0 unspecified atom stereocenters. The van der Waals surface area contributed by atoms with E-state index in [-0.39, 0.29) is 6.61 Å². The zero-order valence-electron chi connectivity index (χ0n) is 9.46. The van der Waals surface area contributed by atoms with Crippen LogP contribution in [0.5, 0.6) is 0 Å². The SMILES string of the molecule is CCOC(=O)C(=O)c1c(C)ccc(Br)c1C. The number of aryl methyl sites for hydroxylation is 1. The number of rotatable bonds is 3. The minimum atomic E-state index is -0.799. The summed E-state index contributed by atoms with van der Waals surface area (Å²) in [6.07, 6.45) is 0. The molecule has 0 radical (unpaired) electrons. The van der Waals surface area contributed by atoms with E-state index in [2.05, 4.69) is 15.9 Å². The molecule has 4 heteroatoms. The fourth-order valence-corrected chi connectivity index (χ4v) is 1.80. The summed E-state index contributed by atoms with van der Waals surface area (Å²) in [5.41, 5.74) is 1.96. The smallest absolute Gasteiger partial charge is 0.379 e. The van der Waals surface area contributed by atoms with Crippen LogP contribution < -0.4 is 0 Å². The van der Waals surface area contributed by atoms with Crippen LogP contribution in [-0.2, 0) is 9.53 Å². The number of ether oxygens (including phenoxy) is 1. The molecule has 0 fully saturated rings. The van der Waals surface area contributed by atoms with E-state index in [4.69, 9.17) is 4.74 Å². The Morgan fingerprint density at radius 2 is 1.94 bits per heavy atom. The van der Waals surface area contributed by atoms with Gasteiger partial charge < -0.3 is 4.74 Å². The van der Waals surface area contributed by atoms with Crippen LogP contribution >= 0.6 is 15.9 Å². The maximum absolute atomic E-state index is 11.8. The highest BCUT2D eigenvalue weighted by atomic mass is 79.9. The molecule has 1 rings (SSSR count). The highest BCUT2D eigenvalue weighted by Crippen LogP contribution is 2.23. The number of carbonyl (C=O) groups is 2. The molecule has 86 valence electrons. The van der Waals surface area contributed by atoms with Crippen molar-refractivity contribution in [3.8, 4) is 0 Å². The molecule has 3 nitrogen and oxygen atoms in total. The largest absolute Gasteiger partial charge is 0.460 e. The van der Waals surface area contributed by atoms with E-state index in [0.29, 0.717) is 5.56 Å². The topological polar surface area (TPSA) is 43.4 Å². The molecule has 0 aliphatic rings. The maximum atomic E-state index is 11.8. The van der Waals surface area contributed by atoms with Gasteiger partial charge in [0.15, 0.2) is 0 Å². The van der Waals surface area contributed by atoms with Gasteiger partial charge in [-0.25, -0.2) is 4.79 Å². The summed E-state index contributed by atoms with van der Waals surface area (Å²) >= 11 is 3.33. The van der Waals surface area contributed by atoms with Crippen molar-refractivity contribution in [2.24, 2.45) is 0 Å². The number of esters is 1. The molecule has 0 heterocycles. The van der Waals surface area contributed by atoms with Crippen LogP contribution in [0.4, 0.5) is 0 Å². The normalized spacial score (nSPS) is 10.0. The second-order valence-corrected chi connectivity index (χ2v) is 4.27. The van der Waals surface area contributed by atoms with Crippen molar-refractivity contribution in [3.05, 3.63) is 33.3 Å². The van der Waals surface area contributed by atoms with Crippen molar-refractivity contribution in [1.29, 1.82) is 0 Å². The molecule has 0 bridgehead atoms. The third kappa shape index (κ3) is 2.50. The first-order valence-corrected chi connectivity index (χ1v) is 5.75. The van der Waals surface area contributed by atoms with E-state index in [1.54, 1.807) is 26.8 Å². The lowest BCUT2D eigenvalue weighted by molar-refractivity contribution is -0.137. The van der Waals surface area contributed by atoms with E-state index in [1.807, 2.05) is 6.07 Å². The summed E-state index contributed by atoms with van der Waals surface area (Å²) in [5.74, 6) is -1.38. The molecule has 0 spiro atoms. The Hall–Kier alpha value is -1.16. The minimum Gasteiger partial charge on any atom is -0.460 e. The van der Waals surface area contributed by atoms with Crippen molar-refractivity contribution in [3.63, 3.8) is 0 Å². The lowest BCUT2D eigenvalue weighted by Gasteiger charge is -2.09. The van der Waals surface area contributed by atoms with Crippen LogP contribution in [0.3, 0.4) is 0 Å². The number of hydrogen-bond donors (Lipinski definition) is 0. The number of halogens is 1. The van der Waals surface area contributed by atoms with Crippen molar-refractivity contribution >= 4 is 27.7 Å². The summed E-state index contributed by atoms with van der Waals surface area (Å²) in [6, 6.07) is 3.65. The van der Waals surface area contributed by atoms with E-state index >= 15 is 0 Å². The zero-order valence-corrected chi connectivity index (χ0v) is 11.1. The molecule has 0 saturated heterocycles. The van der Waals surface area contributed by atoms with Gasteiger partial charge in [-0.15, -0.1) is 0 Å². The van der Waals surface area contributed by atoms with Gasteiger partial charge in [0.05, 0.1) is 6.61 Å². The predicted molar refractivity (Wildman–Crippen MR) is 64.6 cm³/mol. The standard InChI is InChI=1S/C12H13BrO3/c1-4-16-12(15)11(14)10-7(2)5-6-9(13)8(10)3/h5-6H,4H2,1-3H3. The van der Waals surface area contributed by atoms with Crippen LogP contribution in [0.2, 0.25) is 0 Å². The Bertz CT molecular complexity index is 438. The first kappa shape index (κ1) is 12.9. The third-order valence-corrected chi connectivity index (χ3v) is 3.15. The summed E-state index contributed by atoms with van der Waals surface area (Å²) < 4.78 is 5.52.